The number of nitrogens with one attached hydrogen (secondary N) is 2. The van der Waals surface area contributed by atoms with E-state index in [2.05, 4.69) is 19.9 Å². The Bertz CT molecular complexity index is 1420. The first kappa shape index (κ1) is 24.4. The molecule has 0 bridgehead atoms. The highest BCUT2D eigenvalue weighted by molar-refractivity contribution is 6.35. The molecule has 0 spiro atoms. The van der Waals surface area contributed by atoms with E-state index in [0.717, 1.165) is 0 Å². The summed E-state index contributed by atoms with van der Waals surface area (Å²) in [4.78, 5) is 47.5. The van der Waals surface area contributed by atoms with E-state index in [-0.39, 0.29) is 30.6 Å². The smallest absolute Gasteiger partial charge is 0.303 e. The summed E-state index contributed by atoms with van der Waals surface area (Å²) >= 11 is 11.9. The number of nitrogens with zero attached hydrogens (tertiary/aromatic N) is 2. The zero-order chi connectivity index (χ0) is 24.0. The highest BCUT2D eigenvalue weighted by atomic mass is 35.5. The second-order valence-electron chi connectivity index (χ2n) is 7.02. The maximum atomic E-state index is 11.7. The van der Waals surface area contributed by atoms with Crippen molar-refractivity contribution in [3.8, 4) is 0 Å². The zero-order valence-electron chi connectivity index (χ0n) is 17.3. The summed E-state index contributed by atoms with van der Waals surface area (Å²) in [6, 6.07) is 10.0. The Morgan fingerprint density at radius 1 is 0.848 bits per heavy atom. The van der Waals surface area contributed by atoms with Crippen molar-refractivity contribution in [1.82, 2.24) is 19.9 Å². The molecule has 2 aromatic heterocycles. The molecule has 11 heteroatoms. The molecule has 0 aliphatic heterocycles. The van der Waals surface area contributed by atoms with E-state index < -0.39 is 5.97 Å². The molecule has 0 aliphatic carbocycles. The number of aromatic amines is 2. The first-order valence-electron chi connectivity index (χ1n) is 9.97. The summed E-state index contributed by atoms with van der Waals surface area (Å²) in [5, 5.41) is 19.0. The number of fused-ring (bicyclic) bond motifs is 2. The molecule has 2 heterocycles. The van der Waals surface area contributed by atoms with Gasteiger partial charge in [-0.05, 0) is 30.7 Å². The van der Waals surface area contributed by atoms with Crippen molar-refractivity contribution in [2.75, 3.05) is 6.61 Å². The molecule has 0 amide bonds. The van der Waals surface area contributed by atoms with Crippen LogP contribution in [-0.2, 0) is 17.6 Å². The summed E-state index contributed by atoms with van der Waals surface area (Å²) in [6.45, 7) is 0.0737. The number of rotatable bonds is 6. The number of halogens is 2. The summed E-state index contributed by atoms with van der Waals surface area (Å²) in [7, 11) is 0. The van der Waals surface area contributed by atoms with Crippen LogP contribution in [-0.4, -0.2) is 42.7 Å². The van der Waals surface area contributed by atoms with E-state index in [9.17, 15) is 14.4 Å². The number of aryl methyl sites for hydroxylation is 2. The molecular weight excluding hydrogens is 471 g/mol. The van der Waals surface area contributed by atoms with E-state index in [1.54, 1.807) is 36.4 Å². The largest absolute Gasteiger partial charge is 0.481 e. The highest BCUT2D eigenvalue weighted by Crippen LogP contribution is 2.19. The Hall–Kier alpha value is -3.27. The second kappa shape index (κ2) is 11.0. The van der Waals surface area contributed by atoms with Crippen LogP contribution < -0.4 is 11.1 Å². The molecule has 172 valence electrons. The SMILES string of the molecule is O=C(O)CCc1nc2c(Cl)cccc2c(=O)[nH]1.O=c1[nH]c(CCCO)nc2c(Cl)cccc12. The second-order valence-corrected chi connectivity index (χ2v) is 7.83. The van der Waals surface area contributed by atoms with Gasteiger partial charge in [0.1, 0.15) is 11.6 Å². The first-order valence-corrected chi connectivity index (χ1v) is 10.7. The fraction of sp³-hybridized carbons (Fsp3) is 0.227. The van der Waals surface area contributed by atoms with E-state index in [0.29, 0.717) is 56.3 Å². The standard InChI is InChI=1S/C11H9ClN2O3.C11H11ClN2O2/c12-7-3-1-2-6-10(7)13-8(14-11(6)17)4-5-9(15)16;12-8-4-1-3-7-10(8)13-9(5-2-6-15)14-11(7)16/h1-3H,4-5H2,(H,15,16)(H,13,14,17);1,3-4,15H,2,5-6H2,(H,13,14,16). The number of carbonyl (C=O) groups is 1. The molecular formula is C22H20Cl2N4O5. The molecule has 0 atom stereocenters. The van der Waals surface area contributed by atoms with E-state index >= 15 is 0 Å². The number of aromatic nitrogens is 4. The quantitative estimate of drug-likeness (QED) is 0.324. The Morgan fingerprint density at radius 2 is 1.33 bits per heavy atom. The molecule has 4 rings (SSSR count). The van der Waals surface area contributed by atoms with Gasteiger partial charge in [0.25, 0.3) is 11.1 Å². The van der Waals surface area contributed by atoms with Crippen LogP contribution in [0.3, 0.4) is 0 Å². The van der Waals surface area contributed by atoms with Gasteiger partial charge in [0.15, 0.2) is 0 Å². The van der Waals surface area contributed by atoms with Crippen molar-refractivity contribution in [2.24, 2.45) is 0 Å². The third-order valence-electron chi connectivity index (χ3n) is 4.62. The fourth-order valence-electron chi connectivity index (χ4n) is 3.06. The number of hydrogen-bond donors (Lipinski definition) is 4. The van der Waals surface area contributed by atoms with E-state index in [1.807, 2.05) is 0 Å². The fourth-order valence-corrected chi connectivity index (χ4v) is 3.49. The van der Waals surface area contributed by atoms with Crippen molar-refractivity contribution in [3.05, 3.63) is 78.8 Å². The molecule has 2 aromatic carbocycles. The number of aliphatic carboxylic acids is 1. The van der Waals surface area contributed by atoms with Crippen molar-refractivity contribution in [3.63, 3.8) is 0 Å². The molecule has 0 radical (unpaired) electrons. The minimum absolute atomic E-state index is 0.0737. The molecule has 0 saturated carbocycles. The van der Waals surface area contributed by atoms with Gasteiger partial charge in [-0.1, -0.05) is 35.3 Å². The number of carboxylic acid groups (broad SMARTS) is 1. The molecule has 0 saturated heterocycles. The molecule has 4 aromatic rings. The number of hydrogen-bond acceptors (Lipinski definition) is 6. The average Bonchev–Trinajstić information content (AvgIpc) is 2.78. The maximum Gasteiger partial charge on any atom is 0.303 e. The van der Waals surface area contributed by atoms with Gasteiger partial charge < -0.3 is 20.2 Å². The van der Waals surface area contributed by atoms with Crippen molar-refractivity contribution < 1.29 is 15.0 Å². The lowest BCUT2D eigenvalue weighted by molar-refractivity contribution is -0.137. The molecule has 9 nitrogen and oxygen atoms in total. The normalized spacial score (nSPS) is 10.8. The summed E-state index contributed by atoms with van der Waals surface area (Å²) in [5.41, 5.74) is 0.414. The van der Waals surface area contributed by atoms with Crippen molar-refractivity contribution in [1.29, 1.82) is 0 Å². The number of carboxylic acids is 1. The first-order chi connectivity index (χ1) is 15.8. The van der Waals surface area contributed by atoms with Gasteiger partial charge >= 0.3 is 5.97 Å². The number of benzene rings is 2. The van der Waals surface area contributed by atoms with Crippen LogP contribution in [0.15, 0.2) is 46.0 Å². The maximum absolute atomic E-state index is 11.7. The van der Waals surface area contributed by atoms with Gasteiger partial charge in [-0.3, -0.25) is 14.4 Å². The summed E-state index contributed by atoms with van der Waals surface area (Å²) < 4.78 is 0. The lowest BCUT2D eigenvalue weighted by Gasteiger charge is -2.03. The van der Waals surface area contributed by atoms with Gasteiger partial charge in [0, 0.05) is 19.4 Å². The van der Waals surface area contributed by atoms with Crippen LogP contribution in [0.25, 0.3) is 21.8 Å². The third kappa shape index (κ3) is 6.16. The summed E-state index contributed by atoms with van der Waals surface area (Å²) in [5.74, 6) is -0.0513. The van der Waals surface area contributed by atoms with Gasteiger partial charge in [-0.25, -0.2) is 9.97 Å². The minimum Gasteiger partial charge on any atom is -0.481 e. The Morgan fingerprint density at radius 3 is 1.79 bits per heavy atom. The van der Waals surface area contributed by atoms with Crippen LogP contribution in [0, 0.1) is 0 Å². The Labute approximate surface area is 197 Å². The molecule has 0 unspecified atom stereocenters. The number of H-pyrrole nitrogens is 2. The lowest BCUT2D eigenvalue weighted by atomic mass is 10.2. The monoisotopic (exact) mass is 490 g/mol. The Kier molecular flexibility index (Phi) is 8.16. The van der Waals surface area contributed by atoms with Crippen molar-refractivity contribution >= 4 is 51.0 Å². The van der Waals surface area contributed by atoms with Crippen LogP contribution in [0.4, 0.5) is 0 Å². The predicted molar refractivity (Wildman–Crippen MR) is 126 cm³/mol. The predicted octanol–water partition coefficient (Wildman–Crippen LogP) is 3.10. The van der Waals surface area contributed by atoms with Gasteiger partial charge in [-0.15, -0.1) is 0 Å². The summed E-state index contributed by atoms with van der Waals surface area (Å²) in [6.07, 6.45) is 1.19. The number of aliphatic hydroxyl groups excluding tert-OH is 1. The molecule has 4 N–H and O–H groups in total. The van der Waals surface area contributed by atoms with Crippen LogP contribution >= 0.6 is 23.2 Å². The van der Waals surface area contributed by atoms with E-state index in [1.165, 1.54) is 0 Å². The Balaban J connectivity index is 0.000000186. The number of aliphatic hydroxyl groups is 1. The van der Waals surface area contributed by atoms with Gasteiger partial charge in [0.05, 0.1) is 38.3 Å². The highest BCUT2D eigenvalue weighted by Gasteiger charge is 2.08. The zero-order valence-corrected chi connectivity index (χ0v) is 18.8. The van der Waals surface area contributed by atoms with Crippen LogP contribution in [0.1, 0.15) is 24.5 Å². The van der Waals surface area contributed by atoms with E-state index in [4.69, 9.17) is 33.4 Å². The van der Waals surface area contributed by atoms with Crippen LogP contribution in [0.5, 0.6) is 0 Å². The molecule has 33 heavy (non-hydrogen) atoms. The molecule has 0 fully saturated rings. The van der Waals surface area contributed by atoms with Gasteiger partial charge in [-0.2, -0.15) is 0 Å². The average molecular weight is 491 g/mol. The third-order valence-corrected chi connectivity index (χ3v) is 5.23. The van der Waals surface area contributed by atoms with Gasteiger partial charge in [0.2, 0.25) is 0 Å². The minimum atomic E-state index is -0.938. The van der Waals surface area contributed by atoms with Crippen molar-refractivity contribution in [2.45, 2.75) is 25.7 Å². The lowest BCUT2D eigenvalue weighted by Crippen LogP contribution is -2.13. The topological polar surface area (TPSA) is 149 Å². The van der Waals surface area contributed by atoms with Crippen LogP contribution in [0.2, 0.25) is 10.0 Å². The number of para-hydroxylation sites is 2. The molecule has 0 aliphatic rings.